The minimum Gasteiger partial charge on any atom is -0.0652 e. The number of allylic oxidation sites excluding steroid dienone is 1. The van der Waals surface area contributed by atoms with Crippen molar-refractivity contribution in [2.75, 3.05) is 0 Å². The van der Waals surface area contributed by atoms with E-state index < -0.39 is 0 Å². The van der Waals surface area contributed by atoms with Crippen LogP contribution in [0.2, 0.25) is 0 Å². The predicted octanol–water partition coefficient (Wildman–Crippen LogP) is 8.61. The minimum absolute atomic E-state index is 0.592. The summed E-state index contributed by atoms with van der Waals surface area (Å²) in [5.74, 6) is 7.26. The fourth-order valence-electron chi connectivity index (χ4n) is 4.19. The van der Waals surface area contributed by atoms with Crippen LogP contribution in [-0.2, 0) is 6.42 Å². The molecule has 0 heterocycles. The van der Waals surface area contributed by atoms with E-state index >= 15 is 0 Å². The SMILES string of the molecule is CCCC1=Cc2ccc(-c3ccc(C#Cc4ccc(C(C)CC)c(I)c4)cc3)cc2C1. The van der Waals surface area contributed by atoms with E-state index in [1.807, 2.05) is 0 Å². The van der Waals surface area contributed by atoms with Gasteiger partial charge in [0, 0.05) is 14.7 Å². The molecule has 1 heteroatoms. The second-order valence-electron chi connectivity index (χ2n) is 8.52. The molecule has 0 aliphatic heterocycles. The van der Waals surface area contributed by atoms with E-state index in [1.165, 1.54) is 44.2 Å². The summed E-state index contributed by atoms with van der Waals surface area (Å²) in [5, 5.41) is 0. The zero-order valence-corrected chi connectivity index (χ0v) is 20.8. The average molecular weight is 516 g/mol. The van der Waals surface area contributed by atoms with Gasteiger partial charge < -0.3 is 0 Å². The van der Waals surface area contributed by atoms with Crippen molar-refractivity contribution in [3.05, 3.63) is 97.6 Å². The van der Waals surface area contributed by atoms with Crippen molar-refractivity contribution in [2.45, 2.75) is 52.4 Å². The Labute approximate surface area is 200 Å². The third-order valence-corrected chi connectivity index (χ3v) is 7.14. The number of benzene rings is 3. The fraction of sp³-hybridized carbons (Fsp3) is 0.267. The Morgan fingerprint density at radius 2 is 1.58 bits per heavy atom. The lowest BCUT2D eigenvalue weighted by molar-refractivity contribution is 0.729. The molecule has 1 unspecified atom stereocenters. The first kappa shape index (κ1) is 21.9. The molecule has 1 aliphatic carbocycles. The summed E-state index contributed by atoms with van der Waals surface area (Å²) in [7, 11) is 0. The molecule has 4 rings (SSSR count). The van der Waals surface area contributed by atoms with Gasteiger partial charge in [0.2, 0.25) is 0 Å². The monoisotopic (exact) mass is 516 g/mol. The van der Waals surface area contributed by atoms with Crippen LogP contribution in [0.3, 0.4) is 0 Å². The molecular formula is C30H29I. The lowest BCUT2D eigenvalue weighted by Crippen LogP contribution is -1.95. The molecule has 0 aromatic heterocycles. The highest BCUT2D eigenvalue weighted by atomic mass is 127. The first-order chi connectivity index (χ1) is 15.1. The maximum atomic E-state index is 3.33. The van der Waals surface area contributed by atoms with E-state index in [-0.39, 0.29) is 0 Å². The summed E-state index contributed by atoms with van der Waals surface area (Å²) in [6, 6.07) is 22.1. The summed E-state index contributed by atoms with van der Waals surface area (Å²) < 4.78 is 1.31. The van der Waals surface area contributed by atoms with Crippen LogP contribution >= 0.6 is 22.6 Å². The quantitative estimate of drug-likeness (QED) is 0.235. The van der Waals surface area contributed by atoms with Gasteiger partial charge in [-0.1, -0.05) is 87.1 Å². The Balaban J connectivity index is 1.48. The summed E-state index contributed by atoms with van der Waals surface area (Å²) in [4.78, 5) is 0. The average Bonchev–Trinajstić information content (AvgIpc) is 3.19. The van der Waals surface area contributed by atoms with Crippen LogP contribution < -0.4 is 0 Å². The zero-order chi connectivity index (χ0) is 21.8. The van der Waals surface area contributed by atoms with Crippen molar-refractivity contribution in [3.63, 3.8) is 0 Å². The number of rotatable bonds is 5. The van der Waals surface area contributed by atoms with Crippen molar-refractivity contribution in [1.29, 1.82) is 0 Å². The number of fused-ring (bicyclic) bond motifs is 1. The molecule has 1 atom stereocenters. The highest BCUT2D eigenvalue weighted by Crippen LogP contribution is 2.31. The minimum atomic E-state index is 0.592. The van der Waals surface area contributed by atoms with Gasteiger partial charge in [-0.2, -0.15) is 0 Å². The summed E-state index contributed by atoms with van der Waals surface area (Å²) in [6.07, 6.45) is 7.06. The van der Waals surface area contributed by atoms with Crippen molar-refractivity contribution in [3.8, 4) is 23.0 Å². The van der Waals surface area contributed by atoms with Crippen molar-refractivity contribution in [2.24, 2.45) is 0 Å². The molecule has 31 heavy (non-hydrogen) atoms. The van der Waals surface area contributed by atoms with Gasteiger partial charge in [-0.25, -0.2) is 0 Å². The highest BCUT2D eigenvalue weighted by molar-refractivity contribution is 14.1. The van der Waals surface area contributed by atoms with E-state index in [2.05, 4.69) is 122 Å². The van der Waals surface area contributed by atoms with Crippen LogP contribution in [0, 0.1) is 15.4 Å². The molecule has 3 aromatic rings. The lowest BCUT2D eigenvalue weighted by Gasteiger charge is -2.11. The Morgan fingerprint density at radius 3 is 2.29 bits per heavy atom. The Bertz CT molecular complexity index is 1170. The lowest BCUT2D eigenvalue weighted by atomic mass is 9.97. The van der Waals surface area contributed by atoms with Gasteiger partial charge in [0.25, 0.3) is 0 Å². The molecule has 0 amide bonds. The van der Waals surface area contributed by atoms with Crippen molar-refractivity contribution in [1.82, 2.24) is 0 Å². The Morgan fingerprint density at radius 1 is 0.871 bits per heavy atom. The Hall–Kier alpha value is -2.31. The van der Waals surface area contributed by atoms with Crippen LogP contribution in [0.4, 0.5) is 0 Å². The molecule has 0 N–H and O–H groups in total. The molecule has 0 saturated carbocycles. The first-order valence-corrected chi connectivity index (χ1v) is 12.4. The summed E-state index contributed by atoms with van der Waals surface area (Å²) in [6.45, 7) is 6.77. The molecule has 0 bridgehead atoms. The van der Waals surface area contributed by atoms with E-state index in [0.29, 0.717) is 5.92 Å². The number of hydrogen-bond donors (Lipinski definition) is 0. The summed E-state index contributed by atoms with van der Waals surface area (Å²) in [5.41, 5.74) is 10.5. The van der Waals surface area contributed by atoms with E-state index in [9.17, 15) is 0 Å². The summed E-state index contributed by atoms with van der Waals surface area (Å²) >= 11 is 2.44. The van der Waals surface area contributed by atoms with Crippen molar-refractivity contribution < 1.29 is 0 Å². The molecule has 0 radical (unpaired) electrons. The molecule has 156 valence electrons. The highest BCUT2D eigenvalue weighted by Gasteiger charge is 2.13. The van der Waals surface area contributed by atoms with Crippen LogP contribution in [0.15, 0.2) is 66.2 Å². The van der Waals surface area contributed by atoms with Gasteiger partial charge in [0.15, 0.2) is 0 Å². The third-order valence-electron chi connectivity index (χ3n) is 6.20. The predicted molar refractivity (Wildman–Crippen MR) is 142 cm³/mol. The van der Waals surface area contributed by atoms with Gasteiger partial charge in [-0.05, 0) is 99.9 Å². The largest absolute Gasteiger partial charge is 0.0652 e. The molecule has 0 nitrogen and oxygen atoms in total. The fourth-order valence-corrected chi connectivity index (χ4v) is 5.24. The molecule has 0 spiro atoms. The smallest absolute Gasteiger partial charge is 0.0259 e. The molecule has 0 saturated heterocycles. The standard InChI is InChI=1S/C30H29I/c1-4-6-24-17-26-14-15-27(20-28(26)18-24)25-12-9-22(10-13-25)7-8-23-11-16-29(21(3)5-2)30(31)19-23/h9-17,19-21H,4-6,18H2,1-3H3. The van der Waals surface area contributed by atoms with Gasteiger partial charge in [-0.3, -0.25) is 0 Å². The molecule has 3 aromatic carbocycles. The van der Waals surface area contributed by atoms with E-state index in [0.717, 1.165) is 24.0 Å². The van der Waals surface area contributed by atoms with Crippen molar-refractivity contribution >= 4 is 28.7 Å². The zero-order valence-electron chi connectivity index (χ0n) is 18.6. The molecule has 0 fully saturated rings. The van der Waals surface area contributed by atoms with E-state index in [1.54, 1.807) is 5.57 Å². The molecular weight excluding hydrogens is 487 g/mol. The van der Waals surface area contributed by atoms with Gasteiger partial charge in [0.05, 0.1) is 0 Å². The second kappa shape index (κ2) is 9.88. The van der Waals surface area contributed by atoms with Gasteiger partial charge in [-0.15, -0.1) is 0 Å². The second-order valence-corrected chi connectivity index (χ2v) is 9.68. The maximum Gasteiger partial charge on any atom is 0.0259 e. The maximum absolute atomic E-state index is 3.33. The van der Waals surface area contributed by atoms with Crippen LogP contribution in [0.5, 0.6) is 0 Å². The van der Waals surface area contributed by atoms with Gasteiger partial charge >= 0.3 is 0 Å². The normalized spacial score (nSPS) is 13.2. The van der Waals surface area contributed by atoms with Gasteiger partial charge in [0.1, 0.15) is 0 Å². The Kier molecular flexibility index (Phi) is 6.98. The number of hydrogen-bond acceptors (Lipinski definition) is 0. The van der Waals surface area contributed by atoms with E-state index in [4.69, 9.17) is 0 Å². The van der Waals surface area contributed by atoms with Crippen LogP contribution in [-0.4, -0.2) is 0 Å². The van der Waals surface area contributed by atoms with Crippen LogP contribution in [0.25, 0.3) is 17.2 Å². The van der Waals surface area contributed by atoms with Crippen LogP contribution in [0.1, 0.15) is 73.8 Å². The third kappa shape index (κ3) is 5.13. The topological polar surface area (TPSA) is 0 Å². The molecule has 1 aliphatic rings. The first-order valence-electron chi connectivity index (χ1n) is 11.3. The number of halogens is 1.